The van der Waals surface area contributed by atoms with E-state index in [0.29, 0.717) is 11.2 Å². The fourth-order valence-corrected chi connectivity index (χ4v) is 1.73. The van der Waals surface area contributed by atoms with Crippen molar-refractivity contribution >= 4 is 17.1 Å². The Balaban J connectivity index is 2.37. The number of aromatic nitrogens is 4. The molecule has 0 unspecified atom stereocenters. The third kappa shape index (κ3) is 1.46. The standard InChI is InChI=1S/C11H9N5O/c12-11-14-9-8(10(17)15-11)16(6-13-9)7-4-2-1-3-5-7/h1-6H,(H3,12,14,15,17). The predicted octanol–water partition coefficient (Wildman–Crippen LogP) is 0.691. The van der Waals surface area contributed by atoms with Crippen molar-refractivity contribution < 1.29 is 0 Å². The van der Waals surface area contributed by atoms with Crippen molar-refractivity contribution in [2.45, 2.75) is 0 Å². The van der Waals surface area contributed by atoms with E-state index in [2.05, 4.69) is 15.0 Å². The van der Waals surface area contributed by atoms with Crippen LogP contribution in [0.5, 0.6) is 0 Å². The predicted molar refractivity (Wildman–Crippen MR) is 63.9 cm³/mol. The Kier molecular flexibility index (Phi) is 1.94. The number of para-hydroxylation sites is 1. The number of aromatic amines is 1. The fourth-order valence-electron chi connectivity index (χ4n) is 1.73. The molecule has 0 atom stereocenters. The zero-order valence-electron chi connectivity index (χ0n) is 8.79. The Hall–Kier alpha value is -2.63. The van der Waals surface area contributed by atoms with Crippen molar-refractivity contribution in [3.8, 4) is 5.69 Å². The summed E-state index contributed by atoms with van der Waals surface area (Å²) in [7, 11) is 0. The molecule has 0 amide bonds. The number of H-pyrrole nitrogens is 1. The quantitative estimate of drug-likeness (QED) is 0.640. The Morgan fingerprint density at radius 2 is 2.00 bits per heavy atom. The van der Waals surface area contributed by atoms with Gasteiger partial charge in [-0.25, -0.2) is 4.98 Å². The van der Waals surface area contributed by atoms with Crippen LogP contribution in [0.25, 0.3) is 16.9 Å². The molecular formula is C11H9N5O. The molecule has 0 saturated heterocycles. The molecule has 3 rings (SSSR count). The molecule has 2 heterocycles. The molecule has 0 saturated carbocycles. The number of fused-ring (bicyclic) bond motifs is 1. The number of nitrogens with one attached hydrogen (secondary N) is 1. The molecule has 0 fully saturated rings. The first-order valence-corrected chi connectivity index (χ1v) is 5.04. The van der Waals surface area contributed by atoms with Gasteiger partial charge >= 0.3 is 0 Å². The molecule has 0 radical (unpaired) electrons. The van der Waals surface area contributed by atoms with Crippen LogP contribution in [0, 0.1) is 0 Å². The van der Waals surface area contributed by atoms with Crippen LogP contribution in [0.15, 0.2) is 41.5 Å². The lowest BCUT2D eigenvalue weighted by molar-refractivity contribution is 1.07. The summed E-state index contributed by atoms with van der Waals surface area (Å²) in [6.07, 6.45) is 1.56. The van der Waals surface area contributed by atoms with Crippen LogP contribution in [-0.2, 0) is 0 Å². The molecule has 0 spiro atoms. The first-order valence-electron chi connectivity index (χ1n) is 5.04. The van der Waals surface area contributed by atoms with Crippen LogP contribution in [0.3, 0.4) is 0 Å². The highest BCUT2D eigenvalue weighted by Crippen LogP contribution is 2.13. The lowest BCUT2D eigenvalue weighted by Crippen LogP contribution is -2.13. The summed E-state index contributed by atoms with van der Waals surface area (Å²) in [5.74, 6) is 0.0702. The van der Waals surface area contributed by atoms with Crippen LogP contribution in [0.4, 0.5) is 5.95 Å². The summed E-state index contributed by atoms with van der Waals surface area (Å²) in [4.78, 5) is 22.3. The smallest absolute Gasteiger partial charge is 0.278 e. The van der Waals surface area contributed by atoms with E-state index < -0.39 is 0 Å². The number of nitrogens with two attached hydrogens (primary N) is 1. The van der Waals surface area contributed by atoms with Gasteiger partial charge in [-0.1, -0.05) is 18.2 Å². The maximum Gasteiger partial charge on any atom is 0.278 e. The topological polar surface area (TPSA) is 89.6 Å². The molecule has 6 heteroatoms. The summed E-state index contributed by atoms with van der Waals surface area (Å²) < 4.78 is 1.68. The van der Waals surface area contributed by atoms with Gasteiger partial charge in [-0.2, -0.15) is 4.98 Å². The zero-order chi connectivity index (χ0) is 11.8. The van der Waals surface area contributed by atoms with Gasteiger partial charge in [-0.15, -0.1) is 0 Å². The fraction of sp³-hybridized carbons (Fsp3) is 0. The molecule has 0 aliphatic carbocycles. The summed E-state index contributed by atoms with van der Waals surface area (Å²) in [5, 5.41) is 0. The largest absolute Gasteiger partial charge is 0.369 e. The molecule has 17 heavy (non-hydrogen) atoms. The first-order chi connectivity index (χ1) is 8.25. The summed E-state index contributed by atoms with van der Waals surface area (Å²) in [6, 6.07) is 9.46. The van der Waals surface area contributed by atoms with E-state index in [0.717, 1.165) is 5.69 Å². The van der Waals surface area contributed by atoms with Gasteiger partial charge in [0.05, 0.1) is 0 Å². The SMILES string of the molecule is Nc1nc2ncn(-c3ccccc3)c2c(=O)[nH]1. The molecule has 0 aliphatic heterocycles. The summed E-state index contributed by atoms with van der Waals surface area (Å²) in [5.41, 5.74) is 6.75. The molecule has 3 N–H and O–H groups in total. The van der Waals surface area contributed by atoms with Gasteiger partial charge < -0.3 is 5.73 Å². The third-order valence-electron chi connectivity index (χ3n) is 2.47. The van der Waals surface area contributed by atoms with Gasteiger partial charge in [0.15, 0.2) is 11.2 Å². The van der Waals surface area contributed by atoms with Gasteiger partial charge in [0.25, 0.3) is 5.56 Å². The van der Waals surface area contributed by atoms with Gasteiger partial charge in [0, 0.05) is 5.69 Å². The average molecular weight is 227 g/mol. The lowest BCUT2D eigenvalue weighted by Gasteiger charge is -2.02. The van der Waals surface area contributed by atoms with E-state index in [1.54, 1.807) is 10.9 Å². The molecule has 3 aromatic rings. The lowest BCUT2D eigenvalue weighted by atomic mass is 10.3. The molecule has 2 aromatic heterocycles. The molecule has 6 nitrogen and oxygen atoms in total. The van der Waals surface area contributed by atoms with Crippen LogP contribution >= 0.6 is 0 Å². The minimum atomic E-state index is -0.297. The second-order valence-electron chi connectivity index (χ2n) is 3.57. The van der Waals surface area contributed by atoms with Crippen LogP contribution in [-0.4, -0.2) is 19.5 Å². The Morgan fingerprint density at radius 3 is 2.76 bits per heavy atom. The van der Waals surface area contributed by atoms with Gasteiger partial charge in [0.1, 0.15) is 6.33 Å². The summed E-state index contributed by atoms with van der Waals surface area (Å²) in [6.45, 7) is 0. The Labute approximate surface area is 95.7 Å². The van der Waals surface area contributed by atoms with Crippen LogP contribution < -0.4 is 11.3 Å². The van der Waals surface area contributed by atoms with E-state index in [1.165, 1.54) is 0 Å². The van der Waals surface area contributed by atoms with E-state index >= 15 is 0 Å². The monoisotopic (exact) mass is 227 g/mol. The van der Waals surface area contributed by atoms with Gasteiger partial charge in [0.2, 0.25) is 5.95 Å². The first kappa shape index (κ1) is 9.59. The van der Waals surface area contributed by atoms with Crippen molar-refractivity contribution in [1.29, 1.82) is 0 Å². The molecule has 0 aliphatic rings. The normalized spacial score (nSPS) is 10.8. The molecular weight excluding hydrogens is 218 g/mol. The number of benzene rings is 1. The maximum atomic E-state index is 11.8. The van der Waals surface area contributed by atoms with Crippen molar-refractivity contribution in [1.82, 2.24) is 19.5 Å². The van der Waals surface area contributed by atoms with Crippen molar-refractivity contribution in [3.63, 3.8) is 0 Å². The maximum absolute atomic E-state index is 11.8. The highest BCUT2D eigenvalue weighted by atomic mass is 16.1. The minimum Gasteiger partial charge on any atom is -0.369 e. The van der Waals surface area contributed by atoms with Crippen LogP contribution in [0.2, 0.25) is 0 Å². The number of nitrogens with zero attached hydrogens (tertiary/aromatic N) is 3. The third-order valence-corrected chi connectivity index (χ3v) is 2.47. The molecule has 84 valence electrons. The number of hydrogen-bond donors (Lipinski definition) is 2. The number of imidazole rings is 1. The number of nitrogen functional groups attached to an aromatic ring is 1. The number of rotatable bonds is 1. The Bertz CT molecular complexity index is 728. The van der Waals surface area contributed by atoms with Gasteiger partial charge in [-0.05, 0) is 12.1 Å². The molecule has 1 aromatic carbocycles. The second-order valence-corrected chi connectivity index (χ2v) is 3.57. The van der Waals surface area contributed by atoms with E-state index in [1.807, 2.05) is 30.3 Å². The highest BCUT2D eigenvalue weighted by molar-refractivity contribution is 5.73. The average Bonchev–Trinajstić information content (AvgIpc) is 2.74. The zero-order valence-corrected chi connectivity index (χ0v) is 8.79. The van der Waals surface area contributed by atoms with E-state index in [-0.39, 0.29) is 11.5 Å². The highest BCUT2D eigenvalue weighted by Gasteiger charge is 2.10. The minimum absolute atomic E-state index is 0.0702. The van der Waals surface area contributed by atoms with Crippen molar-refractivity contribution in [2.75, 3.05) is 5.73 Å². The van der Waals surface area contributed by atoms with Crippen LogP contribution in [0.1, 0.15) is 0 Å². The summed E-state index contributed by atoms with van der Waals surface area (Å²) >= 11 is 0. The number of hydrogen-bond acceptors (Lipinski definition) is 4. The van der Waals surface area contributed by atoms with E-state index in [4.69, 9.17) is 5.73 Å². The Morgan fingerprint density at radius 1 is 1.24 bits per heavy atom. The number of anilines is 1. The molecule has 0 bridgehead atoms. The van der Waals surface area contributed by atoms with Crippen molar-refractivity contribution in [2.24, 2.45) is 0 Å². The van der Waals surface area contributed by atoms with E-state index in [9.17, 15) is 4.79 Å². The second kappa shape index (κ2) is 3.44. The van der Waals surface area contributed by atoms with Gasteiger partial charge in [-0.3, -0.25) is 14.3 Å². The van der Waals surface area contributed by atoms with Crippen molar-refractivity contribution in [3.05, 3.63) is 47.0 Å².